The monoisotopic (exact) mass is 254 g/mol. The molecule has 2 rings (SSSR count). The Bertz CT molecular complexity index is 319. The molecular weight excluding hydrogens is 232 g/mol. The topological polar surface area (TPSA) is 49.9 Å². The van der Waals surface area contributed by atoms with Gasteiger partial charge in [-0.1, -0.05) is 0 Å². The Morgan fingerprint density at radius 1 is 1.39 bits per heavy atom. The lowest BCUT2D eigenvalue weighted by Gasteiger charge is -2.19. The van der Waals surface area contributed by atoms with E-state index in [0.29, 0.717) is 19.6 Å². The average molecular weight is 254 g/mol. The second-order valence-electron chi connectivity index (χ2n) is 5.14. The highest BCUT2D eigenvalue weighted by molar-refractivity contribution is 5.78. The van der Waals surface area contributed by atoms with E-state index < -0.39 is 0 Å². The zero-order valence-electron chi connectivity index (χ0n) is 11.1. The fraction of sp³-hybridized carbons (Fsp3) is 0.846. The fourth-order valence-electron chi connectivity index (χ4n) is 2.67. The van der Waals surface area contributed by atoms with Gasteiger partial charge in [-0.05, 0) is 39.3 Å². The minimum atomic E-state index is -0.109. The molecule has 0 N–H and O–H groups in total. The molecule has 0 aromatic carbocycles. The first-order valence-electron chi connectivity index (χ1n) is 6.83. The van der Waals surface area contributed by atoms with E-state index in [1.165, 1.54) is 0 Å². The normalized spacial score (nSPS) is 24.8. The first-order valence-corrected chi connectivity index (χ1v) is 6.83. The van der Waals surface area contributed by atoms with E-state index in [4.69, 9.17) is 4.74 Å². The van der Waals surface area contributed by atoms with Crippen LogP contribution in [-0.2, 0) is 14.3 Å². The van der Waals surface area contributed by atoms with Gasteiger partial charge in [0.25, 0.3) is 0 Å². The van der Waals surface area contributed by atoms with Crippen LogP contribution in [0.25, 0.3) is 0 Å². The molecule has 0 spiro atoms. The first-order chi connectivity index (χ1) is 8.68. The smallest absolute Gasteiger partial charge is 0.323 e. The summed E-state index contributed by atoms with van der Waals surface area (Å²) in [5.41, 5.74) is 0. The van der Waals surface area contributed by atoms with Crippen LogP contribution in [0.2, 0.25) is 0 Å². The molecule has 2 heterocycles. The fourth-order valence-corrected chi connectivity index (χ4v) is 2.67. The van der Waals surface area contributed by atoms with Gasteiger partial charge in [0.15, 0.2) is 0 Å². The molecule has 2 saturated heterocycles. The maximum Gasteiger partial charge on any atom is 0.323 e. The SMILES string of the molecule is CN1CCC[C@H]1C(=O)OCCCN1CCCC1=O. The van der Waals surface area contributed by atoms with Crippen molar-refractivity contribution in [1.82, 2.24) is 9.80 Å². The van der Waals surface area contributed by atoms with Crippen molar-refractivity contribution in [3.63, 3.8) is 0 Å². The van der Waals surface area contributed by atoms with Gasteiger partial charge in [0.1, 0.15) is 6.04 Å². The van der Waals surface area contributed by atoms with Gasteiger partial charge >= 0.3 is 5.97 Å². The Morgan fingerprint density at radius 3 is 2.83 bits per heavy atom. The van der Waals surface area contributed by atoms with Crippen molar-refractivity contribution in [2.45, 2.75) is 38.1 Å². The van der Waals surface area contributed by atoms with Crippen LogP contribution in [0, 0.1) is 0 Å². The molecule has 1 atom stereocenters. The summed E-state index contributed by atoms with van der Waals surface area (Å²) >= 11 is 0. The van der Waals surface area contributed by atoms with Gasteiger partial charge < -0.3 is 9.64 Å². The summed E-state index contributed by atoms with van der Waals surface area (Å²) in [7, 11) is 1.96. The summed E-state index contributed by atoms with van der Waals surface area (Å²) in [5, 5.41) is 0. The van der Waals surface area contributed by atoms with Crippen molar-refractivity contribution in [2.24, 2.45) is 0 Å². The lowest BCUT2D eigenvalue weighted by molar-refractivity contribution is -0.148. The molecule has 0 aromatic rings. The summed E-state index contributed by atoms with van der Waals surface area (Å²) in [5.74, 6) is 0.125. The van der Waals surface area contributed by atoms with Crippen molar-refractivity contribution in [3.8, 4) is 0 Å². The number of carbonyl (C=O) groups is 2. The number of nitrogens with zero attached hydrogens (tertiary/aromatic N) is 2. The third kappa shape index (κ3) is 3.22. The van der Waals surface area contributed by atoms with Gasteiger partial charge in [-0.2, -0.15) is 0 Å². The minimum absolute atomic E-state index is 0.0570. The number of hydrogen-bond donors (Lipinski definition) is 0. The Kier molecular flexibility index (Phi) is 4.58. The van der Waals surface area contributed by atoms with Gasteiger partial charge in [-0.25, -0.2) is 0 Å². The lowest BCUT2D eigenvalue weighted by Crippen LogP contribution is -2.35. The Morgan fingerprint density at radius 2 is 2.22 bits per heavy atom. The molecule has 0 radical (unpaired) electrons. The van der Waals surface area contributed by atoms with E-state index in [2.05, 4.69) is 0 Å². The molecule has 2 aliphatic heterocycles. The Balaban J connectivity index is 1.60. The van der Waals surface area contributed by atoms with E-state index >= 15 is 0 Å². The summed E-state index contributed by atoms with van der Waals surface area (Å²) in [4.78, 5) is 27.0. The Hall–Kier alpha value is -1.10. The van der Waals surface area contributed by atoms with Crippen molar-refractivity contribution < 1.29 is 14.3 Å². The third-order valence-corrected chi connectivity index (χ3v) is 3.78. The quantitative estimate of drug-likeness (QED) is 0.533. The number of hydrogen-bond acceptors (Lipinski definition) is 4. The molecule has 0 aliphatic carbocycles. The Labute approximate surface area is 108 Å². The first kappa shape index (κ1) is 13.3. The molecule has 0 aromatic heterocycles. The largest absolute Gasteiger partial charge is 0.464 e. The molecule has 2 fully saturated rings. The van der Waals surface area contributed by atoms with Gasteiger partial charge in [0, 0.05) is 19.5 Å². The molecule has 0 unspecified atom stereocenters. The van der Waals surface area contributed by atoms with Gasteiger partial charge in [-0.3, -0.25) is 14.5 Å². The maximum absolute atomic E-state index is 11.8. The molecule has 5 nitrogen and oxygen atoms in total. The van der Waals surface area contributed by atoms with Gasteiger partial charge in [0.2, 0.25) is 5.91 Å². The molecule has 0 bridgehead atoms. The molecule has 18 heavy (non-hydrogen) atoms. The maximum atomic E-state index is 11.8. The molecule has 2 aliphatic rings. The van der Waals surface area contributed by atoms with Crippen LogP contribution in [0.15, 0.2) is 0 Å². The van der Waals surface area contributed by atoms with Crippen molar-refractivity contribution in [1.29, 1.82) is 0 Å². The van der Waals surface area contributed by atoms with Crippen molar-refractivity contribution in [2.75, 3.05) is 33.3 Å². The van der Waals surface area contributed by atoms with Gasteiger partial charge in [0.05, 0.1) is 6.61 Å². The average Bonchev–Trinajstić information content (AvgIpc) is 2.94. The summed E-state index contributed by atoms with van der Waals surface area (Å²) in [6, 6.07) is -0.0570. The summed E-state index contributed by atoms with van der Waals surface area (Å²) in [6.45, 7) is 2.97. The number of likely N-dealkylation sites (tertiary alicyclic amines) is 2. The van der Waals surface area contributed by atoms with Crippen molar-refractivity contribution >= 4 is 11.9 Å². The van der Waals surface area contributed by atoms with E-state index in [1.807, 2.05) is 16.8 Å². The van der Waals surface area contributed by atoms with E-state index in [1.54, 1.807) is 0 Å². The highest BCUT2D eigenvalue weighted by atomic mass is 16.5. The third-order valence-electron chi connectivity index (χ3n) is 3.78. The number of amides is 1. The van der Waals surface area contributed by atoms with E-state index in [0.717, 1.165) is 38.8 Å². The molecular formula is C13H22N2O3. The standard InChI is InChI=1S/C13H22N2O3/c1-14-7-2-5-11(14)13(17)18-10-4-9-15-8-3-6-12(15)16/h11H,2-10H2,1H3/t11-/m0/s1. The zero-order chi connectivity index (χ0) is 13.0. The zero-order valence-corrected chi connectivity index (χ0v) is 11.1. The number of carbonyl (C=O) groups excluding carboxylic acids is 2. The molecule has 5 heteroatoms. The van der Waals surface area contributed by atoms with Crippen molar-refractivity contribution in [3.05, 3.63) is 0 Å². The highest BCUT2D eigenvalue weighted by Gasteiger charge is 2.29. The van der Waals surface area contributed by atoms with Crippen LogP contribution in [-0.4, -0.2) is 61.0 Å². The van der Waals surface area contributed by atoms with Crippen LogP contribution >= 0.6 is 0 Å². The van der Waals surface area contributed by atoms with Gasteiger partial charge in [-0.15, -0.1) is 0 Å². The number of likely N-dealkylation sites (N-methyl/N-ethyl adjacent to an activating group) is 1. The predicted molar refractivity (Wildman–Crippen MR) is 67.0 cm³/mol. The second kappa shape index (κ2) is 6.18. The summed E-state index contributed by atoms with van der Waals surface area (Å²) in [6.07, 6.45) is 4.35. The second-order valence-corrected chi connectivity index (χ2v) is 5.14. The minimum Gasteiger partial charge on any atom is -0.464 e. The lowest BCUT2D eigenvalue weighted by atomic mass is 10.2. The highest BCUT2D eigenvalue weighted by Crippen LogP contribution is 2.16. The van der Waals surface area contributed by atoms with E-state index in [-0.39, 0.29) is 17.9 Å². The van der Waals surface area contributed by atoms with Crippen LogP contribution < -0.4 is 0 Å². The van der Waals surface area contributed by atoms with Crippen LogP contribution in [0.1, 0.15) is 32.1 Å². The number of rotatable bonds is 5. The van der Waals surface area contributed by atoms with E-state index in [9.17, 15) is 9.59 Å². The summed E-state index contributed by atoms with van der Waals surface area (Å²) < 4.78 is 5.27. The predicted octanol–water partition coefficient (Wildman–Crippen LogP) is 0.636. The molecule has 102 valence electrons. The van der Waals surface area contributed by atoms with Crippen LogP contribution in [0.3, 0.4) is 0 Å². The molecule has 0 saturated carbocycles. The van der Waals surface area contributed by atoms with Crippen LogP contribution in [0.5, 0.6) is 0 Å². The number of esters is 1. The molecule has 1 amide bonds. The van der Waals surface area contributed by atoms with Crippen LogP contribution in [0.4, 0.5) is 0 Å². The number of ether oxygens (including phenoxy) is 1.